The number of likely N-dealkylation sites (tertiary alicyclic amines) is 1. The molecule has 1 saturated heterocycles. The van der Waals surface area contributed by atoms with E-state index in [1.54, 1.807) is 20.0 Å². The highest BCUT2D eigenvalue weighted by Gasteiger charge is 2.23. The van der Waals surface area contributed by atoms with E-state index in [9.17, 15) is 5.11 Å². The molecule has 0 bridgehead atoms. The zero-order valence-corrected chi connectivity index (χ0v) is 19.5. The SMILES string of the molecule is CCn1c(-c2nonc2N)nc2c(C#CC(C)(C)O)ncc(OCCCN3CCCCC3)c21. The summed E-state index contributed by atoms with van der Waals surface area (Å²) in [6, 6.07) is 0. The fourth-order valence-corrected chi connectivity index (χ4v) is 4.02. The summed E-state index contributed by atoms with van der Waals surface area (Å²) < 4.78 is 12.9. The van der Waals surface area contributed by atoms with Gasteiger partial charge in [-0.1, -0.05) is 12.3 Å². The first-order valence-corrected chi connectivity index (χ1v) is 11.5. The van der Waals surface area contributed by atoms with Crippen LogP contribution in [-0.2, 0) is 6.54 Å². The van der Waals surface area contributed by atoms with Crippen molar-refractivity contribution in [2.24, 2.45) is 0 Å². The molecule has 3 aromatic heterocycles. The van der Waals surface area contributed by atoms with Gasteiger partial charge in [-0.15, -0.1) is 0 Å². The number of pyridine rings is 1. The molecule has 0 amide bonds. The van der Waals surface area contributed by atoms with Gasteiger partial charge in [0.1, 0.15) is 22.3 Å². The van der Waals surface area contributed by atoms with Crippen molar-refractivity contribution in [2.45, 2.75) is 58.6 Å². The van der Waals surface area contributed by atoms with E-state index in [0.29, 0.717) is 41.6 Å². The van der Waals surface area contributed by atoms with Gasteiger partial charge in [-0.25, -0.2) is 14.6 Å². The highest BCUT2D eigenvalue weighted by atomic mass is 16.6. The van der Waals surface area contributed by atoms with E-state index < -0.39 is 5.60 Å². The lowest BCUT2D eigenvalue weighted by molar-refractivity contribution is 0.143. The number of aryl methyl sites for hydroxylation is 1. The number of aliphatic hydroxyl groups is 1. The minimum absolute atomic E-state index is 0.154. The third-order valence-electron chi connectivity index (χ3n) is 5.59. The average Bonchev–Trinajstić information content (AvgIpc) is 3.39. The van der Waals surface area contributed by atoms with Gasteiger partial charge in [0.15, 0.2) is 23.1 Å². The fourth-order valence-electron chi connectivity index (χ4n) is 4.02. The summed E-state index contributed by atoms with van der Waals surface area (Å²) in [7, 11) is 0. The molecule has 0 unspecified atom stereocenters. The van der Waals surface area contributed by atoms with Crippen LogP contribution in [0.2, 0.25) is 0 Å². The third-order valence-corrected chi connectivity index (χ3v) is 5.59. The summed E-state index contributed by atoms with van der Waals surface area (Å²) in [4.78, 5) is 11.7. The predicted octanol–water partition coefficient (Wildman–Crippen LogP) is 2.46. The molecule has 0 aliphatic carbocycles. The van der Waals surface area contributed by atoms with Gasteiger partial charge in [0.05, 0.1) is 12.8 Å². The lowest BCUT2D eigenvalue weighted by Gasteiger charge is -2.26. The van der Waals surface area contributed by atoms with E-state index in [-0.39, 0.29) is 5.82 Å². The van der Waals surface area contributed by atoms with Crippen molar-refractivity contribution in [2.75, 3.05) is 32.0 Å². The maximum atomic E-state index is 10.0. The Balaban J connectivity index is 1.68. The van der Waals surface area contributed by atoms with Crippen LogP contribution in [0.1, 0.15) is 52.1 Å². The van der Waals surface area contributed by atoms with Crippen molar-refractivity contribution in [3.8, 4) is 29.1 Å². The summed E-state index contributed by atoms with van der Waals surface area (Å²) in [6.07, 6.45) is 6.47. The summed E-state index contributed by atoms with van der Waals surface area (Å²) in [6.45, 7) is 9.75. The number of rotatable bonds is 7. The topological polar surface area (TPSA) is 128 Å². The Kier molecular flexibility index (Phi) is 6.81. The Bertz CT molecular complexity index is 1160. The van der Waals surface area contributed by atoms with Crippen LogP contribution in [-0.4, -0.2) is 66.7 Å². The molecule has 33 heavy (non-hydrogen) atoms. The number of imidazole rings is 1. The molecule has 0 atom stereocenters. The number of aromatic nitrogens is 5. The number of piperidine rings is 1. The Morgan fingerprint density at radius 2 is 2.03 bits per heavy atom. The molecule has 4 rings (SSSR count). The maximum absolute atomic E-state index is 10.0. The smallest absolute Gasteiger partial charge is 0.199 e. The summed E-state index contributed by atoms with van der Waals surface area (Å²) in [5, 5.41) is 17.7. The Morgan fingerprint density at radius 1 is 1.24 bits per heavy atom. The Labute approximate surface area is 193 Å². The first-order chi connectivity index (χ1) is 15.9. The third kappa shape index (κ3) is 5.26. The second-order valence-corrected chi connectivity index (χ2v) is 8.76. The summed E-state index contributed by atoms with van der Waals surface area (Å²) in [5.41, 5.74) is 6.89. The maximum Gasteiger partial charge on any atom is 0.199 e. The summed E-state index contributed by atoms with van der Waals surface area (Å²) in [5.74, 6) is 7.03. The lowest BCUT2D eigenvalue weighted by atomic mass is 10.1. The van der Waals surface area contributed by atoms with Crippen LogP contribution in [0.25, 0.3) is 22.6 Å². The number of fused-ring (bicyclic) bond motifs is 1. The quantitative estimate of drug-likeness (QED) is 0.409. The average molecular weight is 454 g/mol. The van der Waals surface area contributed by atoms with Crippen LogP contribution in [0, 0.1) is 11.8 Å². The van der Waals surface area contributed by atoms with E-state index in [1.165, 1.54) is 32.4 Å². The minimum Gasteiger partial charge on any atom is -0.490 e. The van der Waals surface area contributed by atoms with Crippen molar-refractivity contribution in [1.29, 1.82) is 0 Å². The lowest BCUT2D eigenvalue weighted by Crippen LogP contribution is -2.31. The monoisotopic (exact) mass is 453 g/mol. The van der Waals surface area contributed by atoms with Gasteiger partial charge in [0.2, 0.25) is 0 Å². The number of anilines is 1. The molecule has 4 heterocycles. The summed E-state index contributed by atoms with van der Waals surface area (Å²) >= 11 is 0. The first-order valence-electron chi connectivity index (χ1n) is 11.5. The minimum atomic E-state index is -1.16. The molecule has 1 aliphatic heterocycles. The van der Waals surface area contributed by atoms with Gasteiger partial charge in [0.25, 0.3) is 0 Å². The predicted molar refractivity (Wildman–Crippen MR) is 124 cm³/mol. The largest absolute Gasteiger partial charge is 0.490 e. The van der Waals surface area contributed by atoms with Gasteiger partial charge in [-0.3, -0.25) is 0 Å². The molecule has 1 aliphatic rings. The second-order valence-electron chi connectivity index (χ2n) is 8.76. The number of nitrogen functional groups attached to an aromatic ring is 1. The molecule has 10 heteroatoms. The van der Waals surface area contributed by atoms with Gasteiger partial charge >= 0.3 is 0 Å². The number of nitrogens with two attached hydrogens (primary N) is 1. The van der Waals surface area contributed by atoms with Crippen LogP contribution in [0.4, 0.5) is 5.82 Å². The number of nitrogens with zero attached hydrogens (tertiary/aromatic N) is 6. The molecule has 0 saturated carbocycles. The molecule has 1 fully saturated rings. The standard InChI is InChI=1S/C23H31N7O3/c1-4-30-20-17(32-14-8-13-29-11-6-5-7-12-29)15-25-16(9-10-23(2,3)31)18(20)26-22(30)19-21(24)28-33-27-19/h15,31H,4-8,11-14H2,1-3H3,(H2,24,28). The van der Waals surface area contributed by atoms with Crippen molar-refractivity contribution in [3.63, 3.8) is 0 Å². The van der Waals surface area contributed by atoms with Crippen LogP contribution in [0.3, 0.4) is 0 Å². The van der Waals surface area contributed by atoms with Gasteiger partial charge < -0.3 is 25.0 Å². The van der Waals surface area contributed by atoms with E-state index in [2.05, 4.69) is 32.0 Å². The van der Waals surface area contributed by atoms with Crippen LogP contribution >= 0.6 is 0 Å². The normalized spacial score (nSPS) is 14.9. The van der Waals surface area contributed by atoms with Gasteiger partial charge in [-0.05, 0) is 69.4 Å². The zero-order valence-electron chi connectivity index (χ0n) is 19.5. The van der Waals surface area contributed by atoms with E-state index in [1.807, 2.05) is 11.5 Å². The fraction of sp³-hybridized carbons (Fsp3) is 0.565. The van der Waals surface area contributed by atoms with Crippen LogP contribution < -0.4 is 10.5 Å². The van der Waals surface area contributed by atoms with E-state index in [4.69, 9.17) is 20.1 Å². The molecule has 10 nitrogen and oxygen atoms in total. The van der Waals surface area contributed by atoms with Gasteiger partial charge in [-0.2, -0.15) is 0 Å². The Hall–Kier alpha value is -3.16. The number of hydrogen-bond donors (Lipinski definition) is 2. The van der Waals surface area contributed by atoms with Crippen molar-refractivity contribution in [1.82, 2.24) is 29.7 Å². The molecule has 0 spiro atoms. The van der Waals surface area contributed by atoms with E-state index in [0.717, 1.165) is 18.5 Å². The van der Waals surface area contributed by atoms with Crippen LogP contribution in [0.15, 0.2) is 10.8 Å². The first kappa shape index (κ1) is 23.0. The zero-order chi connectivity index (χ0) is 23.4. The highest BCUT2D eigenvalue weighted by Crippen LogP contribution is 2.33. The molecular weight excluding hydrogens is 422 g/mol. The number of hydrogen-bond acceptors (Lipinski definition) is 9. The molecule has 0 aromatic carbocycles. The molecule has 176 valence electrons. The van der Waals surface area contributed by atoms with Crippen molar-refractivity contribution >= 4 is 16.9 Å². The Morgan fingerprint density at radius 3 is 2.70 bits per heavy atom. The van der Waals surface area contributed by atoms with E-state index >= 15 is 0 Å². The highest BCUT2D eigenvalue weighted by molar-refractivity contribution is 5.89. The molecule has 3 aromatic rings. The number of ether oxygens (including phenoxy) is 1. The molecule has 0 radical (unpaired) electrons. The molecular formula is C23H31N7O3. The van der Waals surface area contributed by atoms with Crippen molar-refractivity contribution < 1.29 is 14.5 Å². The van der Waals surface area contributed by atoms with Gasteiger partial charge in [0, 0.05) is 13.1 Å². The van der Waals surface area contributed by atoms with Crippen LogP contribution in [0.5, 0.6) is 5.75 Å². The molecule has 3 N–H and O–H groups in total. The van der Waals surface area contributed by atoms with Crippen molar-refractivity contribution in [3.05, 3.63) is 11.9 Å². The second kappa shape index (κ2) is 9.77.